The Morgan fingerprint density at radius 1 is 0.680 bits per heavy atom. The molecule has 1 aliphatic heterocycles. The van der Waals surface area contributed by atoms with Crippen molar-refractivity contribution in [3.05, 3.63) is 107 Å². The molecule has 6 rings (SSSR count). The van der Waals surface area contributed by atoms with Crippen molar-refractivity contribution in [3.8, 4) is 22.3 Å². The number of carbonyl (C=O) groups is 1. The zero-order valence-corrected chi connectivity index (χ0v) is 32.2. The van der Waals surface area contributed by atoms with Crippen LogP contribution in [0.3, 0.4) is 0 Å². The van der Waals surface area contributed by atoms with Crippen molar-refractivity contribution in [2.45, 2.75) is 112 Å². The van der Waals surface area contributed by atoms with E-state index in [1.807, 2.05) is 34.6 Å². The summed E-state index contributed by atoms with van der Waals surface area (Å²) in [6, 6.07) is 30.8. The number of hydrogen-bond donors (Lipinski definition) is 3. The smallest absolute Gasteiger partial charge is 0.300 e. The number of hydrogen-bond acceptors (Lipinski definition) is 5. The van der Waals surface area contributed by atoms with Gasteiger partial charge in [-0.25, -0.2) is 0 Å². The molecule has 5 aromatic rings. The predicted octanol–water partition coefficient (Wildman–Crippen LogP) is 11.7. The van der Waals surface area contributed by atoms with Crippen LogP contribution in [0.25, 0.3) is 43.8 Å². The second-order valence-corrected chi connectivity index (χ2v) is 15.6. The summed E-state index contributed by atoms with van der Waals surface area (Å²) >= 11 is 0. The maximum atomic E-state index is 11.2. The molecule has 50 heavy (non-hydrogen) atoms. The van der Waals surface area contributed by atoms with Gasteiger partial charge in [-0.3, -0.25) is 4.79 Å². The van der Waals surface area contributed by atoms with E-state index in [0.29, 0.717) is 0 Å². The molecule has 1 aliphatic rings. The van der Waals surface area contributed by atoms with Crippen molar-refractivity contribution in [1.29, 1.82) is 0 Å². The number of carboxylic acid groups (broad SMARTS) is 1. The summed E-state index contributed by atoms with van der Waals surface area (Å²) in [4.78, 5) is 9.00. The van der Waals surface area contributed by atoms with Gasteiger partial charge in [0, 0.05) is 12.5 Å². The fourth-order valence-electron chi connectivity index (χ4n) is 7.88. The van der Waals surface area contributed by atoms with Gasteiger partial charge in [0.1, 0.15) is 0 Å². The fraction of sp³-hybridized carbons (Fsp3) is 0.386. The Labute approximate surface area is 298 Å². The first kappa shape index (κ1) is 38.7. The lowest BCUT2D eigenvalue weighted by molar-refractivity contribution is -0.222. The van der Waals surface area contributed by atoms with E-state index in [-0.39, 0.29) is 0 Å². The number of fused-ring (bicyclic) bond motifs is 3. The van der Waals surface area contributed by atoms with Crippen LogP contribution in [0.1, 0.15) is 105 Å². The average molecular weight is 677 g/mol. The van der Waals surface area contributed by atoms with E-state index in [0.717, 1.165) is 40.3 Å². The van der Waals surface area contributed by atoms with E-state index in [1.165, 1.54) is 42.8 Å². The van der Waals surface area contributed by atoms with Crippen molar-refractivity contribution in [1.82, 2.24) is 10.1 Å². The minimum absolute atomic E-state index is 0.394. The fourth-order valence-corrected chi connectivity index (χ4v) is 7.88. The van der Waals surface area contributed by atoms with Crippen LogP contribution in [0, 0.1) is 6.92 Å². The van der Waals surface area contributed by atoms with Gasteiger partial charge < -0.3 is 15.5 Å². The van der Waals surface area contributed by atoms with Crippen LogP contribution >= 0.6 is 0 Å². The predicted molar refractivity (Wildman–Crippen MR) is 208 cm³/mol. The third-order valence-electron chi connectivity index (χ3n) is 9.96. The number of aliphatic carboxylic acids is 1. The molecule has 5 aromatic carbocycles. The maximum Gasteiger partial charge on any atom is 0.300 e. The highest BCUT2D eigenvalue weighted by molar-refractivity contribution is 6.21. The molecule has 0 saturated carbocycles. The third kappa shape index (κ3) is 6.70. The van der Waals surface area contributed by atoms with Crippen LogP contribution < -0.4 is 0 Å². The first-order valence-electron chi connectivity index (χ1n) is 17.6. The summed E-state index contributed by atoms with van der Waals surface area (Å²) in [5.41, 5.74) is 7.37. The van der Waals surface area contributed by atoms with Crippen molar-refractivity contribution in [2.75, 3.05) is 0 Å². The first-order chi connectivity index (χ1) is 23.2. The number of benzene rings is 5. The van der Waals surface area contributed by atoms with Gasteiger partial charge in [0.2, 0.25) is 0 Å². The molecule has 0 fully saturated rings. The van der Waals surface area contributed by atoms with Crippen LogP contribution in [0.15, 0.2) is 84.9 Å². The number of rotatable bonds is 4. The third-order valence-corrected chi connectivity index (χ3v) is 9.96. The first-order valence-corrected chi connectivity index (χ1v) is 17.6. The number of carboxylic acids is 1. The monoisotopic (exact) mass is 676 g/mol. The van der Waals surface area contributed by atoms with Gasteiger partial charge in [-0.1, -0.05) is 92.7 Å². The maximum absolute atomic E-state index is 11.2. The van der Waals surface area contributed by atoms with Crippen LogP contribution in [0.2, 0.25) is 0 Å². The van der Waals surface area contributed by atoms with Crippen molar-refractivity contribution >= 4 is 27.5 Å². The van der Waals surface area contributed by atoms with E-state index in [2.05, 4.69) is 133 Å². The molecule has 266 valence electrons. The molecule has 0 radical (unpaired) electrons. The summed E-state index contributed by atoms with van der Waals surface area (Å²) in [5.74, 6) is -0.833. The SMILES string of the molecule is CC.CC(=O)O.Cc1cc(-c2c3ccccc3c(-c3ccc4c(c3)C(C)(C)N(O)C4(C)C)c3ccccc23)ccc1C(C)(C)N(O)C(C)(C)C. The van der Waals surface area contributed by atoms with E-state index >= 15 is 0 Å². The minimum atomic E-state index is -0.833. The quantitative estimate of drug-likeness (QED) is 0.130. The molecular formula is C44H56N2O4. The van der Waals surface area contributed by atoms with Gasteiger partial charge in [0.25, 0.3) is 5.97 Å². The summed E-state index contributed by atoms with van der Waals surface area (Å²) in [5, 5.41) is 37.5. The molecule has 6 nitrogen and oxygen atoms in total. The highest BCUT2D eigenvalue weighted by Crippen LogP contribution is 2.51. The van der Waals surface area contributed by atoms with Gasteiger partial charge >= 0.3 is 0 Å². The zero-order valence-electron chi connectivity index (χ0n) is 32.2. The molecule has 0 atom stereocenters. The highest BCUT2D eigenvalue weighted by Gasteiger charge is 2.49. The second kappa shape index (κ2) is 13.9. The van der Waals surface area contributed by atoms with Gasteiger partial charge in [-0.05, 0) is 141 Å². The molecule has 0 saturated heterocycles. The van der Waals surface area contributed by atoms with Gasteiger partial charge in [-0.15, -0.1) is 0 Å². The van der Waals surface area contributed by atoms with Crippen molar-refractivity contribution in [2.24, 2.45) is 0 Å². The number of hydroxylamine groups is 4. The Kier molecular flexibility index (Phi) is 10.8. The molecule has 6 heteroatoms. The Morgan fingerprint density at radius 3 is 1.46 bits per heavy atom. The largest absolute Gasteiger partial charge is 0.481 e. The standard InChI is InChI=1S/C40H46N2O2.C2H4O2.C2H6/c1-25-23-26(19-21-32(25)38(5,6)41(43)37(2,3)4)35-28-15-11-13-17-30(28)36(31-18-14-12-16-29(31)35)27-20-22-33-34(24-27)40(9,10)42(44)39(33,7)8;1-2(3)4;1-2/h11-24,43-44H,1-10H3;1H3,(H,3,4);1-2H3. The Hall–Kier alpha value is -4.07. The molecule has 1 heterocycles. The summed E-state index contributed by atoms with van der Waals surface area (Å²) < 4.78 is 0. The van der Waals surface area contributed by atoms with Crippen LogP contribution in [0.4, 0.5) is 0 Å². The lowest BCUT2D eigenvalue weighted by Crippen LogP contribution is -2.50. The molecular weight excluding hydrogens is 620 g/mol. The molecule has 0 aromatic heterocycles. The normalized spacial score (nSPS) is 15.3. The van der Waals surface area contributed by atoms with E-state index in [1.54, 1.807) is 0 Å². The van der Waals surface area contributed by atoms with E-state index in [9.17, 15) is 10.4 Å². The molecule has 0 unspecified atom stereocenters. The molecule has 0 amide bonds. The Balaban J connectivity index is 0.000000875. The van der Waals surface area contributed by atoms with Gasteiger partial charge in [0.05, 0.1) is 16.6 Å². The van der Waals surface area contributed by atoms with Crippen LogP contribution in [-0.4, -0.2) is 37.2 Å². The minimum Gasteiger partial charge on any atom is -0.481 e. The van der Waals surface area contributed by atoms with Crippen molar-refractivity contribution < 1.29 is 20.3 Å². The lowest BCUT2D eigenvalue weighted by Gasteiger charge is -2.43. The second-order valence-electron chi connectivity index (χ2n) is 15.6. The van der Waals surface area contributed by atoms with Gasteiger partial charge in [-0.2, -0.15) is 10.1 Å². The van der Waals surface area contributed by atoms with Crippen LogP contribution in [-0.2, 0) is 21.4 Å². The van der Waals surface area contributed by atoms with E-state index in [4.69, 9.17) is 9.90 Å². The Bertz CT molecular complexity index is 1970. The Morgan fingerprint density at radius 2 is 1.06 bits per heavy atom. The number of nitrogens with zero attached hydrogens (tertiary/aromatic N) is 2. The van der Waals surface area contributed by atoms with E-state index < -0.39 is 28.1 Å². The average Bonchev–Trinajstić information content (AvgIpc) is 3.19. The molecule has 3 N–H and O–H groups in total. The lowest BCUT2D eigenvalue weighted by atomic mass is 9.82. The number of aryl methyl sites for hydroxylation is 1. The molecule has 0 bridgehead atoms. The summed E-state index contributed by atoms with van der Waals surface area (Å²) in [7, 11) is 0. The summed E-state index contributed by atoms with van der Waals surface area (Å²) in [6.07, 6.45) is 0. The van der Waals surface area contributed by atoms with Crippen LogP contribution in [0.5, 0.6) is 0 Å². The van der Waals surface area contributed by atoms with Gasteiger partial charge in [0.15, 0.2) is 0 Å². The zero-order chi connectivity index (χ0) is 37.6. The molecule has 0 aliphatic carbocycles. The molecule has 0 spiro atoms. The topological polar surface area (TPSA) is 84.2 Å². The summed E-state index contributed by atoms with van der Waals surface area (Å²) in [6.45, 7) is 25.8. The van der Waals surface area contributed by atoms with Crippen molar-refractivity contribution in [3.63, 3.8) is 0 Å². The highest BCUT2D eigenvalue weighted by atomic mass is 16.5.